The molecule has 1 N–H and O–H groups in total. The van der Waals surface area contributed by atoms with Crippen LogP contribution in [-0.4, -0.2) is 10.5 Å². The number of benzene rings is 2. The van der Waals surface area contributed by atoms with Gasteiger partial charge in [-0.25, -0.2) is 0 Å². The summed E-state index contributed by atoms with van der Waals surface area (Å²) in [7, 11) is 0. The highest BCUT2D eigenvalue weighted by molar-refractivity contribution is 5.94. The van der Waals surface area contributed by atoms with Crippen molar-refractivity contribution in [3.63, 3.8) is 0 Å². The Morgan fingerprint density at radius 3 is 2.73 bits per heavy atom. The molecule has 2 heterocycles. The molecule has 0 radical (unpaired) electrons. The summed E-state index contributed by atoms with van der Waals surface area (Å²) in [5.74, 6) is 0.750. The van der Waals surface area contributed by atoms with Crippen LogP contribution in [0, 0.1) is 6.92 Å². The first-order valence-electron chi connectivity index (χ1n) is 10.7. The van der Waals surface area contributed by atoms with Crippen LogP contribution in [0.5, 0.6) is 0 Å². The minimum absolute atomic E-state index is 0.0885. The lowest BCUT2D eigenvalue weighted by atomic mass is 9.84. The lowest BCUT2D eigenvalue weighted by molar-refractivity contribution is -0.123. The average Bonchev–Trinajstić information content (AvgIpc) is 3.40. The molecule has 2 aromatic carbocycles. The molecule has 1 amide bonds. The van der Waals surface area contributed by atoms with Crippen LogP contribution in [0.2, 0.25) is 0 Å². The van der Waals surface area contributed by atoms with Crippen LogP contribution < -0.4 is 5.32 Å². The Hall–Kier alpha value is -3.27. The normalized spacial score (nSPS) is 15.8. The van der Waals surface area contributed by atoms with Gasteiger partial charge in [-0.3, -0.25) is 4.79 Å². The molecule has 2 aromatic heterocycles. The van der Waals surface area contributed by atoms with Gasteiger partial charge in [-0.2, -0.15) is 0 Å². The molecule has 0 saturated heterocycles. The SMILES string of the molecule is Cc1ccc(Cn2c3c(c4ccccc42)C(C(=O)NCc2ccco2)CCC3)cc1. The zero-order chi connectivity index (χ0) is 20.5. The van der Waals surface area contributed by atoms with E-state index in [-0.39, 0.29) is 11.8 Å². The van der Waals surface area contributed by atoms with Crippen LogP contribution in [0.4, 0.5) is 0 Å². The maximum absolute atomic E-state index is 13.1. The van der Waals surface area contributed by atoms with Gasteiger partial charge in [-0.05, 0) is 55.5 Å². The van der Waals surface area contributed by atoms with Gasteiger partial charge in [0, 0.05) is 23.1 Å². The number of para-hydroxylation sites is 1. The van der Waals surface area contributed by atoms with Crippen LogP contribution in [-0.2, 0) is 24.3 Å². The van der Waals surface area contributed by atoms with Gasteiger partial charge >= 0.3 is 0 Å². The van der Waals surface area contributed by atoms with E-state index in [2.05, 4.69) is 65.3 Å². The summed E-state index contributed by atoms with van der Waals surface area (Å²) in [4.78, 5) is 13.1. The fourth-order valence-electron chi connectivity index (χ4n) is 4.69. The van der Waals surface area contributed by atoms with E-state index >= 15 is 0 Å². The van der Waals surface area contributed by atoms with Crippen LogP contribution in [0.15, 0.2) is 71.3 Å². The van der Waals surface area contributed by atoms with Crippen molar-refractivity contribution in [1.82, 2.24) is 9.88 Å². The average molecular weight is 399 g/mol. The van der Waals surface area contributed by atoms with Gasteiger partial charge in [0.15, 0.2) is 0 Å². The summed E-state index contributed by atoms with van der Waals surface area (Å²) in [6.07, 6.45) is 4.56. The molecule has 4 nitrogen and oxygen atoms in total. The second-order valence-corrected chi connectivity index (χ2v) is 8.19. The van der Waals surface area contributed by atoms with Crippen molar-refractivity contribution in [2.45, 2.75) is 45.2 Å². The van der Waals surface area contributed by atoms with Crippen molar-refractivity contribution in [2.75, 3.05) is 0 Å². The van der Waals surface area contributed by atoms with Gasteiger partial charge in [0.05, 0.1) is 18.7 Å². The van der Waals surface area contributed by atoms with E-state index in [9.17, 15) is 4.79 Å². The highest BCUT2D eigenvalue weighted by atomic mass is 16.3. The number of rotatable bonds is 5. The number of aryl methyl sites for hydroxylation is 1. The third-order valence-corrected chi connectivity index (χ3v) is 6.17. The molecule has 1 atom stereocenters. The number of aromatic nitrogens is 1. The van der Waals surface area contributed by atoms with Crippen LogP contribution in [0.25, 0.3) is 10.9 Å². The number of hydrogen-bond donors (Lipinski definition) is 1. The smallest absolute Gasteiger partial charge is 0.228 e. The summed E-state index contributed by atoms with van der Waals surface area (Å²) in [5.41, 5.74) is 6.29. The third kappa shape index (κ3) is 3.43. The highest BCUT2D eigenvalue weighted by Crippen LogP contribution is 2.39. The molecule has 4 aromatic rings. The summed E-state index contributed by atoms with van der Waals surface area (Å²) >= 11 is 0. The first kappa shape index (κ1) is 18.7. The van der Waals surface area contributed by atoms with Crippen molar-refractivity contribution in [1.29, 1.82) is 0 Å². The number of nitrogens with one attached hydrogen (secondary N) is 1. The summed E-state index contributed by atoms with van der Waals surface area (Å²) in [5, 5.41) is 4.29. The van der Waals surface area contributed by atoms with Crippen LogP contribution >= 0.6 is 0 Å². The van der Waals surface area contributed by atoms with Gasteiger partial charge in [-0.15, -0.1) is 0 Å². The number of amides is 1. The summed E-state index contributed by atoms with van der Waals surface area (Å²) < 4.78 is 7.79. The predicted octanol–water partition coefficient (Wildman–Crippen LogP) is 5.33. The first-order valence-corrected chi connectivity index (χ1v) is 10.7. The molecule has 152 valence electrons. The van der Waals surface area contributed by atoms with Gasteiger partial charge < -0.3 is 14.3 Å². The van der Waals surface area contributed by atoms with Crippen molar-refractivity contribution in [3.8, 4) is 0 Å². The second-order valence-electron chi connectivity index (χ2n) is 8.19. The number of nitrogens with zero attached hydrogens (tertiary/aromatic N) is 1. The Bertz CT molecular complexity index is 1170. The fraction of sp³-hybridized carbons (Fsp3) is 0.269. The molecular formula is C26H26N2O2. The second kappa shape index (κ2) is 7.86. The molecular weight excluding hydrogens is 372 g/mol. The van der Waals surface area contributed by atoms with E-state index in [1.807, 2.05) is 12.1 Å². The predicted molar refractivity (Wildman–Crippen MR) is 118 cm³/mol. The molecule has 4 heteroatoms. The van der Waals surface area contributed by atoms with E-state index in [0.29, 0.717) is 6.54 Å². The minimum Gasteiger partial charge on any atom is -0.467 e. The molecule has 0 bridgehead atoms. The van der Waals surface area contributed by atoms with Crippen LogP contribution in [0.3, 0.4) is 0 Å². The summed E-state index contributed by atoms with van der Waals surface area (Å²) in [6, 6.07) is 21.0. The van der Waals surface area contributed by atoms with E-state index in [4.69, 9.17) is 4.42 Å². The van der Waals surface area contributed by atoms with E-state index < -0.39 is 0 Å². The number of furan rings is 1. The molecule has 5 rings (SSSR count). The highest BCUT2D eigenvalue weighted by Gasteiger charge is 2.31. The number of hydrogen-bond acceptors (Lipinski definition) is 2. The third-order valence-electron chi connectivity index (χ3n) is 6.17. The molecule has 1 aliphatic rings. The Morgan fingerprint density at radius 1 is 1.10 bits per heavy atom. The van der Waals surface area contributed by atoms with Gasteiger partial charge in [0.1, 0.15) is 5.76 Å². The molecule has 0 spiro atoms. The zero-order valence-corrected chi connectivity index (χ0v) is 17.2. The Morgan fingerprint density at radius 2 is 1.93 bits per heavy atom. The number of carbonyl (C=O) groups is 1. The van der Waals surface area contributed by atoms with Crippen LogP contribution in [0.1, 0.15) is 46.9 Å². The monoisotopic (exact) mass is 398 g/mol. The standard InChI is InChI=1S/C26H26N2O2/c1-18-11-13-19(14-12-18)17-28-23-9-3-2-7-21(23)25-22(8-4-10-24(25)28)26(29)27-16-20-6-5-15-30-20/h2-3,5-7,9,11-15,22H,4,8,10,16-17H2,1H3,(H,27,29). The van der Waals surface area contributed by atoms with Gasteiger partial charge in [-0.1, -0.05) is 48.0 Å². The summed E-state index contributed by atoms with van der Waals surface area (Å²) in [6.45, 7) is 3.37. The molecule has 0 aliphatic heterocycles. The Kier molecular flexibility index (Phi) is 4.91. The molecule has 0 fully saturated rings. The lowest BCUT2D eigenvalue weighted by Gasteiger charge is -2.24. The van der Waals surface area contributed by atoms with Gasteiger partial charge in [0.2, 0.25) is 5.91 Å². The molecule has 0 saturated carbocycles. The van der Waals surface area contributed by atoms with Gasteiger partial charge in [0.25, 0.3) is 0 Å². The van der Waals surface area contributed by atoms with E-state index in [0.717, 1.165) is 31.6 Å². The number of fused-ring (bicyclic) bond motifs is 3. The number of carbonyl (C=O) groups excluding carboxylic acids is 1. The topological polar surface area (TPSA) is 47.2 Å². The van der Waals surface area contributed by atoms with Crippen molar-refractivity contribution >= 4 is 16.8 Å². The van der Waals surface area contributed by atoms with Crippen molar-refractivity contribution in [2.24, 2.45) is 0 Å². The zero-order valence-electron chi connectivity index (χ0n) is 17.2. The maximum Gasteiger partial charge on any atom is 0.228 e. The molecule has 1 unspecified atom stereocenters. The maximum atomic E-state index is 13.1. The van der Waals surface area contributed by atoms with E-state index in [1.165, 1.54) is 33.3 Å². The van der Waals surface area contributed by atoms with Crippen molar-refractivity contribution < 1.29 is 9.21 Å². The lowest BCUT2D eigenvalue weighted by Crippen LogP contribution is -2.31. The molecule has 1 aliphatic carbocycles. The quantitative estimate of drug-likeness (QED) is 0.494. The Labute approximate surface area is 176 Å². The largest absolute Gasteiger partial charge is 0.467 e. The Balaban J connectivity index is 1.51. The molecule has 30 heavy (non-hydrogen) atoms. The first-order chi connectivity index (χ1) is 14.7. The fourth-order valence-corrected chi connectivity index (χ4v) is 4.69. The van der Waals surface area contributed by atoms with E-state index in [1.54, 1.807) is 6.26 Å². The minimum atomic E-state index is -0.118. The van der Waals surface area contributed by atoms with Crippen molar-refractivity contribution in [3.05, 3.63) is 95.1 Å².